The van der Waals surface area contributed by atoms with Gasteiger partial charge in [-0.1, -0.05) is 6.07 Å². The smallest absolute Gasteiger partial charge is 0.126 e. The number of anilines is 2. The third kappa shape index (κ3) is 2.04. The van der Waals surface area contributed by atoms with Crippen LogP contribution in [0.1, 0.15) is 29.2 Å². The zero-order chi connectivity index (χ0) is 12.5. The van der Waals surface area contributed by atoms with E-state index in [-0.39, 0.29) is 0 Å². The minimum Gasteiger partial charge on any atom is -0.399 e. The van der Waals surface area contributed by atoms with E-state index in [1.165, 1.54) is 16.7 Å². The molecular formula is C15H17N3. The fraction of sp³-hybridized carbons (Fsp3) is 0.267. The molecule has 1 aliphatic rings. The molecule has 1 unspecified atom stereocenters. The average molecular weight is 239 g/mol. The molecule has 18 heavy (non-hydrogen) atoms. The Balaban J connectivity index is 1.85. The number of nitrogens with two attached hydrogens (primary N) is 1. The first kappa shape index (κ1) is 11.1. The lowest BCUT2D eigenvalue weighted by molar-refractivity contribution is 0.757. The summed E-state index contributed by atoms with van der Waals surface area (Å²) in [6.07, 6.45) is 4.04. The van der Waals surface area contributed by atoms with Gasteiger partial charge in [-0.3, -0.25) is 0 Å². The summed E-state index contributed by atoms with van der Waals surface area (Å²) in [4.78, 5) is 4.36. The van der Waals surface area contributed by atoms with Gasteiger partial charge < -0.3 is 11.1 Å². The number of aryl methyl sites for hydroxylation is 2. The second-order valence-corrected chi connectivity index (χ2v) is 4.91. The number of hydrogen-bond donors (Lipinski definition) is 2. The van der Waals surface area contributed by atoms with E-state index in [1.54, 1.807) is 0 Å². The fourth-order valence-corrected chi connectivity index (χ4v) is 2.58. The minimum absolute atomic E-state index is 0.356. The van der Waals surface area contributed by atoms with Gasteiger partial charge in [0.25, 0.3) is 0 Å². The third-order valence-corrected chi connectivity index (χ3v) is 3.48. The molecule has 1 atom stereocenters. The highest BCUT2D eigenvalue weighted by Crippen LogP contribution is 2.34. The largest absolute Gasteiger partial charge is 0.399 e. The molecule has 3 nitrogen and oxygen atoms in total. The van der Waals surface area contributed by atoms with Crippen LogP contribution in [0.15, 0.2) is 36.5 Å². The molecule has 3 heteroatoms. The van der Waals surface area contributed by atoms with Crippen molar-refractivity contribution >= 4 is 11.5 Å². The van der Waals surface area contributed by atoms with Crippen molar-refractivity contribution in [2.75, 3.05) is 11.1 Å². The van der Waals surface area contributed by atoms with E-state index in [0.717, 1.165) is 24.3 Å². The number of nitrogens with one attached hydrogen (secondary N) is 1. The monoisotopic (exact) mass is 239 g/mol. The van der Waals surface area contributed by atoms with Crippen LogP contribution in [-0.2, 0) is 6.42 Å². The minimum atomic E-state index is 0.356. The van der Waals surface area contributed by atoms with Crippen LogP contribution in [-0.4, -0.2) is 4.98 Å². The van der Waals surface area contributed by atoms with Crippen molar-refractivity contribution in [3.63, 3.8) is 0 Å². The molecule has 1 aromatic carbocycles. The summed E-state index contributed by atoms with van der Waals surface area (Å²) in [5.74, 6) is 0.949. The van der Waals surface area contributed by atoms with Crippen molar-refractivity contribution in [3.8, 4) is 0 Å². The zero-order valence-corrected chi connectivity index (χ0v) is 10.5. The van der Waals surface area contributed by atoms with Gasteiger partial charge in [-0.2, -0.15) is 0 Å². The Labute approximate surface area is 107 Å². The topological polar surface area (TPSA) is 50.9 Å². The summed E-state index contributed by atoms with van der Waals surface area (Å²) in [5.41, 5.74) is 10.6. The molecule has 0 spiro atoms. The van der Waals surface area contributed by atoms with Gasteiger partial charge in [0.1, 0.15) is 5.82 Å². The highest BCUT2D eigenvalue weighted by molar-refractivity contribution is 5.50. The predicted octanol–water partition coefficient (Wildman–Crippen LogP) is 3.07. The molecule has 0 amide bonds. The van der Waals surface area contributed by atoms with Gasteiger partial charge in [-0.15, -0.1) is 0 Å². The average Bonchev–Trinajstić information content (AvgIpc) is 2.72. The van der Waals surface area contributed by atoms with Crippen LogP contribution >= 0.6 is 0 Å². The van der Waals surface area contributed by atoms with Crippen molar-refractivity contribution in [3.05, 3.63) is 53.2 Å². The third-order valence-electron chi connectivity index (χ3n) is 3.48. The number of fused-ring (bicyclic) bond motifs is 1. The number of nitrogens with zero attached hydrogens (tertiary/aromatic N) is 1. The molecule has 0 radical (unpaired) electrons. The van der Waals surface area contributed by atoms with Crippen molar-refractivity contribution < 1.29 is 0 Å². The lowest BCUT2D eigenvalue weighted by atomic mass is 10.1. The summed E-state index contributed by atoms with van der Waals surface area (Å²) in [6.45, 7) is 2.08. The molecule has 0 aliphatic heterocycles. The normalized spacial score (nSPS) is 17.5. The first-order chi connectivity index (χ1) is 8.72. The van der Waals surface area contributed by atoms with Crippen molar-refractivity contribution in [1.29, 1.82) is 0 Å². The van der Waals surface area contributed by atoms with E-state index >= 15 is 0 Å². The van der Waals surface area contributed by atoms with Crippen molar-refractivity contribution in [1.82, 2.24) is 4.98 Å². The Hall–Kier alpha value is -2.03. The van der Waals surface area contributed by atoms with E-state index in [1.807, 2.05) is 18.3 Å². The van der Waals surface area contributed by atoms with Gasteiger partial charge in [-0.05, 0) is 60.7 Å². The van der Waals surface area contributed by atoms with Gasteiger partial charge in [0, 0.05) is 11.9 Å². The van der Waals surface area contributed by atoms with Crippen LogP contribution in [0.5, 0.6) is 0 Å². The van der Waals surface area contributed by atoms with Crippen LogP contribution in [0, 0.1) is 6.92 Å². The van der Waals surface area contributed by atoms with E-state index in [0.29, 0.717) is 6.04 Å². The van der Waals surface area contributed by atoms with E-state index in [2.05, 4.69) is 35.4 Å². The second-order valence-electron chi connectivity index (χ2n) is 4.91. The molecule has 0 saturated carbocycles. The van der Waals surface area contributed by atoms with Crippen LogP contribution in [0.3, 0.4) is 0 Å². The number of rotatable bonds is 2. The zero-order valence-electron chi connectivity index (χ0n) is 10.5. The van der Waals surface area contributed by atoms with Crippen LogP contribution in [0.4, 0.5) is 11.5 Å². The summed E-state index contributed by atoms with van der Waals surface area (Å²) in [6, 6.07) is 10.6. The molecule has 0 saturated heterocycles. The van der Waals surface area contributed by atoms with Gasteiger partial charge in [0.15, 0.2) is 0 Å². The molecule has 92 valence electrons. The lowest BCUT2D eigenvalue weighted by Crippen LogP contribution is -2.08. The number of pyridine rings is 1. The molecule has 2 aromatic rings. The quantitative estimate of drug-likeness (QED) is 0.792. The first-order valence-electron chi connectivity index (χ1n) is 6.30. The highest BCUT2D eigenvalue weighted by atomic mass is 15.0. The Morgan fingerprint density at radius 2 is 2.17 bits per heavy atom. The predicted molar refractivity (Wildman–Crippen MR) is 74.5 cm³/mol. The van der Waals surface area contributed by atoms with Gasteiger partial charge in [-0.25, -0.2) is 4.98 Å². The molecular weight excluding hydrogens is 222 g/mol. The highest BCUT2D eigenvalue weighted by Gasteiger charge is 2.22. The molecule has 3 N–H and O–H groups in total. The summed E-state index contributed by atoms with van der Waals surface area (Å²) >= 11 is 0. The number of nitrogen functional groups attached to an aromatic ring is 1. The van der Waals surface area contributed by atoms with Gasteiger partial charge >= 0.3 is 0 Å². The molecule has 3 rings (SSSR count). The maximum absolute atomic E-state index is 5.82. The van der Waals surface area contributed by atoms with E-state index in [4.69, 9.17) is 5.73 Å². The number of aromatic nitrogens is 1. The fourth-order valence-electron chi connectivity index (χ4n) is 2.58. The number of benzene rings is 1. The first-order valence-corrected chi connectivity index (χ1v) is 6.30. The summed E-state index contributed by atoms with van der Waals surface area (Å²) in [7, 11) is 0. The lowest BCUT2D eigenvalue weighted by Gasteiger charge is -2.15. The van der Waals surface area contributed by atoms with Crippen molar-refractivity contribution in [2.45, 2.75) is 25.8 Å². The Kier molecular flexibility index (Phi) is 2.67. The Morgan fingerprint density at radius 3 is 3.00 bits per heavy atom. The van der Waals surface area contributed by atoms with Gasteiger partial charge in [0.2, 0.25) is 0 Å². The molecule has 1 aliphatic carbocycles. The van der Waals surface area contributed by atoms with Crippen LogP contribution in [0.25, 0.3) is 0 Å². The summed E-state index contributed by atoms with van der Waals surface area (Å²) < 4.78 is 0. The molecule has 1 aromatic heterocycles. The van der Waals surface area contributed by atoms with E-state index < -0.39 is 0 Å². The second kappa shape index (κ2) is 4.33. The SMILES string of the molecule is Cc1ccnc(NC2CCc3cc(N)ccc32)c1. The van der Waals surface area contributed by atoms with E-state index in [9.17, 15) is 0 Å². The maximum atomic E-state index is 5.82. The van der Waals surface area contributed by atoms with Crippen LogP contribution in [0.2, 0.25) is 0 Å². The maximum Gasteiger partial charge on any atom is 0.126 e. The Bertz CT molecular complexity index is 578. The summed E-state index contributed by atoms with van der Waals surface area (Å²) in [5, 5.41) is 3.51. The Morgan fingerprint density at radius 1 is 1.28 bits per heavy atom. The standard InChI is InChI=1S/C15H17N3/c1-10-6-7-17-15(8-10)18-14-5-2-11-9-12(16)3-4-13(11)14/h3-4,6-9,14H,2,5,16H2,1H3,(H,17,18). The van der Waals surface area contributed by atoms with Gasteiger partial charge in [0.05, 0.1) is 6.04 Å². The van der Waals surface area contributed by atoms with Crippen LogP contribution < -0.4 is 11.1 Å². The molecule has 1 heterocycles. The van der Waals surface area contributed by atoms with Crippen molar-refractivity contribution in [2.24, 2.45) is 0 Å². The molecule has 0 fully saturated rings. The molecule has 0 bridgehead atoms. The number of hydrogen-bond acceptors (Lipinski definition) is 3.